The maximum atomic E-state index is 11.6. The van der Waals surface area contributed by atoms with Gasteiger partial charge in [0.05, 0.1) is 13.2 Å². The standard InChI is InChI=1S/C8H11N5O4/c1-3-16-6-5(4-14)7(17-9-6)13-8(15)12(2)10-11-13/h14H,3-4H2,1-2H3. The third-order valence-electron chi connectivity index (χ3n) is 2.08. The summed E-state index contributed by atoms with van der Waals surface area (Å²) in [6.45, 7) is 1.76. The molecule has 2 aromatic rings. The van der Waals surface area contributed by atoms with Crippen LogP contribution in [0.4, 0.5) is 0 Å². The highest BCUT2D eigenvalue weighted by molar-refractivity contribution is 5.36. The van der Waals surface area contributed by atoms with E-state index in [4.69, 9.17) is 9.26 Å². The highest BCUT2D eigenvalue weighted by atomic mass is 16.5. The van der Waals surface area contributed by atoms with Gasteiger partial charge in [-0.15, -0.1) is 4.68 Å². The minimum absolute atomic E-state index is 0.00838. The van der Waals surface area contributed by atoms with Gasteiger partial charge in [-0.3, -0.25) is 0 Å². The second-order valence-corrected chi connectivity index (χ2v) is 3.16. The molecule has 0 bridgehead atoms. The van der Waals surface area contributed by atoms with Crippen molar-refractivity contribution in [1.29, 1.82) is 0 Å². The van der Waals surface area contributed by atoms with Crippen LogP contribution in [-0.4, -0.2) is 36.7 Å². The van der Waals surface area contributed by atoms with Crippen LogP contribution in [0.15, 0.2) is 9.32 Å². The van der Waals surface area contributed by atoms with Gasteiger partial charge in [-0.2, -0.15) is 4.68 Å². The number of nitrogens with zero attached hydrogens (tertiary/aromatic N) is 5. The van der Waals surface area contributed by atoms with Gasteiger partial charge in [-0.05, 0) is 22.5 Å². The zero-order valence-electron chi connectivity index (χ0n) is 9.32. The van der Waals surface area contributed by atoms with E-state index in [1.807, 2.05) is 0 Å². The van der Waals surface area contributed by atoms with Gasteiger partial charge in [0.1, 0.15) is 5.56 Å². The number of hydrogen-bond donors (Lipinski definition) is 1. The summed E-state index contributed by atoms with van der Waals surface area (Å²) in [7, 11) is 1.45. The number of hydrogen-bond acceptors (Lipinski definition) is 7. The van der Waals surface area contributed by atoms with Gasteiger partial charge in [-0.1, -0.05) is 0 Å². The molecular formula is C8H11N5O4. The van der Waals surface area contributed by atoms with Crippen LogP contribution in [0, 0.1) is 0 Å². The van der Waals surface area contributed by atoms with Gasteiger partial charge < -0.3 is 14.4 Å². The lowest BCUT2D eigenvalue weighted by Crippen LogP contribution is -2.22. The van der Waals surface area contributed by atoms with Crippen molar-refractivity contribution in [2.45, 2.75) is 13.5 Å². The first-order valence-electron chi connectivity index (χ1n) is 4.90. The summed E-state index contributed by atoms with van der Waals surface area (Å²) >= 11 is 0. The van der Waals surface area contributed by atoms with Gasteiger partial charge in [0.25, 0.3) is 11.8 Å². The maximum Gasteiger partial charge on any atom is 0.370 e. The molecule has 0 atom stereocenters. The fraction of sp³-hybridized carbons (Fsp3) is 0.500. The Kier molecular flexibility index (Phi) is 2.91. The van der Waals surface area contributed by atoms with Crippen molar-refractivity contribution in [2.75, 3.05) is 6.61 Å². The first kappa shape index (κ1) is 11.3. The molecule has 0 spiro atoms. The van der Waals surface area contributed by atoms with E-state index in [0.717, 1.165) is 9.36 Å². The van der Waals surface area contributed by atoms with Gasteiger partial charge in [-0.25, -0.2) is 4.79 Å². The van der Waals surface area contributed by atoms with Crippen LogP contribution in [0.25, 0.3) is 5.88 Å². The minimum atomic E-state index is -0.501. The van der Waals surface area contributed by atoms with Gasteiger partial charge >= 0.3 is 5.69 Å². The predicted octanol–water partition coefficient (Wildman–Crippen LogP) is -1.16. The molecular weight excluding hydrogens is 230 g/mol. The number of rotatable bonds is 4. The number of aryl methyl sites for hydroxylation is 1. The summed E-state index contributed by atoms with van der Waals surface area (Å²) in [5, 5.41) is 19.9. The molecule has 0 saturated carbocycles. The molecule has 2 rings (SSSR count). The van der Waals surface area contributed by atoms with E-state index < -0.39 is 5.69 Å². The van der Waals surface area contributed by atoms with E-state index >= 15 is 0 Å². The van der Waals surface area contributed by atoms with Crippen LogP contribution in [0.2, 0.25) is 0 Å². The molecule has 2 aromatic heterocycles. The highest BCUT2D eigenvalue weighted by Gasteiger charge is 2.21. The smallest absolute Gasteiger partial charge is 0.370 e. The highest BCUT2D eigenvalue weighted by Crippen LogP contribution is 2.23. The molecule has 0 aromatic carbocycles. The molecule has 1 N–H and O–H groups in total. The Balaban J connectivity index is 2.52. The van der Waals surface area contributed by atoms with Crippen molar-refractivity contribution in [2.24, 2.45) is 7.05 Å². The Labute approximate surface area is 95.2 Å². The zero-order valence-corrected chi connectivity index (χ0v) is 9.32. The van der Waals surface area contributed by atoms with Crippen LogP contribution < -0.4 is 10.4 Å². The molecule has 17 heavy (non-hydrogen) atoms. The lowest BCUT2D eigenvalue weighted by atomic mass is 10.3. The van der Waals surface area contributed by atoms with E-state index in [2.05, 4.69) is 15.6 Å². The van der Waals surface area contributed by atoms with Crippen molar-refractivity contribution in [3.05, 3.63) is 16.0 Å². The zero-order chi connectivity index (χ0) is 12.4. The van der Waals surface area contributed by atoms with Crippen LogP contribution in [0.1, 0.15) is 12.5 Å². The van der Waals surface area contributed by atoms with E-state index in [1.165, 1.54) is 7.05 Å². The summed E-state index contributed by atoms with van der Waals surface area (Å²) in [5.41, 5.74) is -0.242. The third kappa shape index (κ3) is 1.80. The monoisotopic (exact) mass is 241 g/mol. The van der Waals surface area contributed by atoms with Crippen molar-refractivity contribution in [3.8, 4) is 11.8 Å². The molecule has 9 nitrogen and oxygen atoms in total. The fourth-order valence-electron chi connectivity index (χ4n) is 1.28. The Morgan fingerprint density at radius 2 is 2.24 bits per heavy atom. The van der Waals surface area contributed by atoms with Gasteiger partial charge in [0.2, 0.25) is 0 Å². The molecule has 0 fully saturated rings. The molecule has 0 aliphatic rings. The molecule has 0 aliphatic heterocycles. The van der Waals surface area contributed by atoms with Crippen LogP contribution in [0.3, 0.4) is 0 Å². The summed E-state index contributed by atoms with van der Waals surface area (Å²) in [4.78, 5) is 11.6. The number of ether oxygens (including phenoxy) is 1. The van der Waals surface area contributed by atoms with Crippen LogP contribution >= 0.6 is 0 Å². The van der Waals surface area contributed by atoms with Crippen molar-refractivity contribution < 1.29 is 14.4 Å². The molecule has 0 aliphatic carbocycles. The number of aliphatic hydroxyl groups is 1. The lowest BCUT2D eigenvalue weighted by Gasteiger charge is -1.99. The Morgan fingerprint density at radius 3 is 2.76 bits per heavy atom. The molecule has 0 unspecified atom stereocenters. The van der Waals surface area contributed by atoms with Crippen LogP contribution in [-0.2, 0) is 13.7 Å². The number of aliphatic hydroxyl groups excluding tert-OH is 1. The van der Waals surface area contributed by atoms with Gasteiger partial charge in [0, 0.05) is 7.05 Å². The molecule has 9 heteroatoms. The van der Waals surface area contributed by atoms with E-state index in [1.54, 1.807) is 6.92 Å². The molecule has 0 radical (unpaired) electrons. The summed E-state index contributed by atoms with van der Waals surface area (Å²) in [6, 6.07) is 0. The molecule has 0 amide bonds. The average Bonchev–Trinajstić information content (AvgIpc) is 2.85. The quantitative estimate of drug-likeness (QED) is 0.719. The predicted molar refractivity (Wildman–Crippen MR) is 53.8 cm³/mol. The Bertz CT molecular complexity index is 569. The third-order valence-corrected chi connectivity index (χ3v) is 2.08. The molecule has 2 heterocycles. The van der Waals surface area contributed by atoms with E-state index in [-0.39, 0.29) is 23.9 Å². The number of aromatic nitrogens is 5. The van der Waals surface area contributed by atoms with E-state index in [0.29, 0.717) is 6.61 Å². The molecule has 0 saturated heterocycles. The van der Waals surface area contributed by atoms with E-state index in [9.17, 15) is 9.90 Å². The fourth-order valence-corrected chi connectivity index (χ4v) is 1.28. The summed E-state index contributed by atoms with van der Waals surface area (Å²) in [5.74, 6) is 0.150. The average molecular weight is 241 g/mol. The van der Waals surface area contributed by atoms with Crippen molar-refractivity contribution in [3.63, 3.8) is 0 Å². The lowest BCUT2D eigenvalue weighted by molar-refractivity contribution is 0.263. The first-order valence-corrected chi connectivity index (χ1v) is 4.90. The second-order valence-electron chi connectivity index (χ2n) is 3.16. The topological polar surface area (TPSA) is 108 Å². The van der Waals surface area contributed by atoms with Crippen LogP contribution in [0.5, 0.6) is 5.88 Å². The largest absolute Gasteiger partial charge is 0.475 e. The normalized spacial score (nSPS) is 10.8. The van der Waals surface area contributed by atoms with Gasteiger partial charge in [0.15, 0.2) is 0 Å². The van der Waals surface area contributed by atoms with Crippen molar-refractivity contribution in [1.82, 2.24) is 24.9 Å². The number of tetrazole rings is 1. The summed E-state index contributed by atoms with van der Waals surface area (Å²) < 4.78 is 12.0. The Hall–Kier alpha value is -2.16. The molecule has 92 valence electrons. The van der Waals surface area contributed by atoms with Crippen molar-refractivity contribution >= 4 is 0 Å². The first-order chi connectivity index (χ1) is 8.19. The summed E-state index contributed by atoms with van der Waals surface area (Å²) in [6.07, 6.45) is 0. The minimum Gasteiger partial charge on any atom is -0.475 e. The maximum absolute atomic E-state index is 11.6. The SMILES string of the molecule is CCOc1noc(-n2nnn(C)c2=O)c1CO. The Morgan fingerprint density at radius 1 is 1.47 bits per heavy atom. The second kappa shape index (κ2) is 4.37.